The number of aromatic nitrogens is 3. The number of nitrogens with zero attached hydrogens (tertiary/aromatic N) is 5. The summed E-state index contributed by atoms with van der Waals surface area (Å²) in [5, 5.41) is 27.5. The molecule has 0 atom stereocenters. The van der Waals surface area contributed by atoms with E-state index in [0.717, 1.165) is 28.2 Å². The molecule has 1 aliphatic rings. The van der Waals surface area contributed by atoms with Gasteiger partial charge in [-0.3, -0.25) is 0 Å². The first-order valence-corrected chi connectivity index (χ1v) is 9.00. The number of fused-ring (bicyclic) bond motifs is 1. The Kier molecular flexibility index (Phi) is 4.32. The number of para-hydroxylation sites is 1. The fourth-order valence-electron chi connectivity index (χ4n) is 3.73. The van der Waals surface area contributed by atoms with Gasteiger partial charge in [0.25, 0.3) is 0 Å². The van der Waals surface area contributed by atoms with Gasteiger partial charge in [-0.2, -0.15) is 5.26 Å². The molecule has 0 bridgehead atoms. The zero-order valence-electron chi connectivity index (χ0n) is 15.7. The van der Waals surface area contributed by atoms with Crippen molar-refractivity contribution in [1.82, 2.24) is 14.8 Å². The summed E-state index contributed by atoms with van der Waals surface area (Å²) in [6, 6.07) is 13.3. The van der Waals surface area contributed by atoms with Crippen LogP contribution in [0.25, 0.3) is 11.4 Å². The van der Waals surface area contributed by atoms with Gasteiger partial charge in [-0.05, 0) is 43.2 Å². The maximum atomic E-state index is 11.5. The summed E-state index contributed by atoms with van der Waals surface area (Å²) in [4.78, 5) is 13.7. The Morgan fingerprint density at radius 1 is 1.14 bits per heavy atom. The fourth-order valence-corrected chi connectivity index (χ4v) is 3.73. The highest BCUT2D eigenvalue weighted by atomic mass is 16.4. The van der Waals surface area contributed by atoms with Crippen molar-refractivity contribution in [2.24, 2.45) is 0 Å². The van der Waals surface area contributed by atoms with E-state index in [1.165, 1.54) is 0 Å². The third-order valence-electron chi connectivity index (χ3n) is 5.16. The van der Waals surface area contributed by atoms with Crippen molar-refractivity contribution in [3.05, 3.63) is 64.5 Å². The van der Waals surface area contributed by atoms with Crippen LogP contribution in [0, 0.1) is 25.2 Å². The molecule has 1 aliphatic heterocycles. The maximum Gasteiger partial charge on any atom is 0.335 e. The summed E-state index contributed by atoms with van der Waals surface area (Å²) in [6.07, 6.45) is 0. The van der Waals surface area contributed by atoms with E-state index in [9.17, 15) is 15.2 Å². The molecule has 2 aromatic carbocycles. The number of carboxylic acid groups (broad SMARTS) is 1. The first-order chi connectivity index (χ1) is 13.5. The molecular formula is C21H19N5O2. The second kappa shape index (κ2) is 6.82. The molecule has 28 heavy (non-hydrogen) atoms. The van der Waals surface area contributed by atoms with Gasteiger partial charge in [-0.1, -0.05) is 18.2 Å². The Labute approximate surface area is 162 Å². The monoisotopic (exact) mass is 373 g/mol. The molecule has 2 heterocycles. The van der Waals surface area contributed by atoms with E-state index in [0.29, 0.717) is 31.0 Å². The summed E-state index contributed by atoms with van der Waals surface area (Å²) in [5.41, 5.74) is 4.28. The average Bonchev–Trinajstić information content (AvgIpc) is 3.10. The summed E-state index contributed by atoms with van der Waals surface area (Å²) >= 11 is 0. The van der Waals surface area contributed by atoms with Gasteiger partial charge >= 0.3 is 5.97 Å². The van der Waals surface area contributed by atoms with E-state index in [1.54, 1.807) is 13.0 Å². The number of hydrogen-bond donors (Lipinski definition) is 1. The van der Waals surface area contributed by atoms with Crippen LogP contribution in [0.5, 0.6) is 0 Å². The molecule has 0 aliphatic carbocycles. The van der Waals surface area contributed by atoms with E-state index < -0.39 is 5.97 Å². The third-order valence-corrected chi connectivity index (χ3v) is 5.16. The van der Waals surface area contributed by atoms with Gasteiger partial charge in [0.2, 0.25) is 0 Å². The van der Waals surface area contributed by atoms with Crippen molar-refractivity contribution in [3.63, 3.8) is 0 Å². The molecule has 0 amide bonds. The van der Waals surface area contributed by atoms with Crippen LogP contribution in [-0.4, -0.2) is 32.4 Å². The van der Waals surface area contributed by atoms with Crippen LogP contribution in [0.4, 0.5) is 5.69 Å². The lowest BCUT2D eigenvalue weighted by Crippen LogP contribution is -2.34. The molecule has 0 saturated carbocycles. The first-order valence-electron chi connectivity index (χ1n) is 9.00. The molecule has 0 spiro atoms. The van der Waals surface area contributed by atoms with E-state index >= 15 is 0 Å². The molecular weight excluding hydrogens is 354 g/mol. The molecule has 3 aromatic rings. The van der Waals surface area contributed by atoms with Crippen LogP contribution >= 0.6 is 0 Å². The van der Waals surface area contributed by atoms with Crippen molar-refractivity contribution in [2.45, 2.75) is 26.9 Å². The minimum atomic E-state index is -0.948. The van der Waals surface area contributed by atoms with Crippen LogP contribution in [0.2, 0.25) is 0 Å². The second-order valence-corrected chi connectivity index (χ2v) is 6.93. The van der Waals surface area contributed by atoms with Crippen molar-refractivity contribution in [3.8, 4) is 17.5 Å². The van der Waals surface area contributed by atoms with Gasteiger partial charge in [-0.25, -0.2) is 4.79 Å². The minimum absolute atomic E-state index is 0.276. The Balaban J connectivity index is 1.72. The number of anilines is 1. The Hall–Kier alpha value is -3.66. The van der Waals surface area contributed by atoms with Crippen LogP contribution in [-0.2, 0) is 13.1 Å². The summed E-state index contributed by atoms with van der Waals surface area (Å²) in [5.74, 6) is 0.533. The molecule has 0 radical (unpaired) electrons. The van der Waals surface area contributed by atoms with Gasteiger partial charge in [0, 0.05) is 18.7 Å². The van der Waals surface area contributed by atoms with Gasteiger partial charge in [0.05, 0.1) is 23.4 Å². The normalized spacial score (nSPS) is 13.1. The smallest absolute Gasteiger partial charge is 0.335 e. The minimum Gasteiger partial charge on any atom is -0.478 e. The van der Waals surface area contributed by atoms with Crippen molar-refractivity contribution in [1.29, 1.82) is 5.26 Å². The number of benzene rings is 2. The second-order valence-electron chi connectivity index (χ2n) is 6.93. The van der Waals surface area contributed by atoms with Crippen molar-refractivity contribution in [2.75, 3.05) is 11.4 Å². The van der Waals surface area contributed by atoms with Gasteiger partial charge in [0.15, 0.2) is 11.6 Å². The zero-order chi connectivity index (χ0) is 19.8. The molecule has 7 nitrogen and oxygen atoms in total. The number of carbonyl (C=O) groups is 1. The fraction of sp³-hybridized carbons (Fsp3) is 0.238. The van der Waals surface area contributed by atoms with E-state index in [1.807, 2.05) is 41.8 Å². The highest BCUT2D eigenvalue weighted by molar-refractivity contribution is 5.91. The van der Waals surface area contributed by atoms with Crippen LogP contribution < -0.4 is 4.90 Å². The SMILES string of the molecule is Cc1cc(C)c(-c2nnc3n2CCN(c2ccccc2C#N)C3)cc1C(=O)O. The number of aromatic carboxylic acids is 1. The number of carboxylic acids is 1. The molecule has 140 valence electrons. The molecule has 1 aromatic heterocycles. The van der Waals surface area contributed by atoms with Gasteiger partial charge in [-0.15, -0.1) is 10.2 Å². The molecule has 0 saturated heterocycles. The van der Waals surface area contributed by atoms with Crippen LogP contribution in [0.15, 0.2) is 36.4 Å². The van der Waals surface area contributed by atoms with E-state index in [2.05, 4.69) is 21.2 Å². The van der Waals surface area contributed by atoms with Gasteiger partial charge in [0.1, 0.15) is 6.07 Å². The Bertz CT molecular complexity index is 1130. The largest absolute Gasteiger partial charge is 0.478 e. The van der Waals surface area contributed by atoms with E-state index in [-0.39, 0.29) is 5.56 Å². The lowest BCUT2D eigenvalue weighted by molar-refractivity contribution is 0.0696. The van der Waals surface area contributed by atoms with E-state index in [4.69, 9.17) is 0 Å². The van der Waals surface area contributed by atoms with Crippen molar-refractivity contribution >= 4 is 11.7 Å². The number of hydrogen-bond acceptors (Lipinski definition) is 5. The number of aryl methyl sites for hydroxylation is 2. The lowest BCUT2D eigenvalue weighted by Gasteiger charge is -2.30. The molecule has 1 N–H and O–H groups in total. The predicted octanol–water partition coefficient (Wildman–Crippen LogP) is 3.15. The summed E-state index contributed by atoms with van der Waals surface area (Å²) in [6.45, 7) is 5.67. The number of nitriles is 1. The Morgan fingerprint density at radius 3 is 2.68 bits per heavy atom. The zero-order valence-corrected chi connectivity index (χ0v) is 15.7. The highest BCUT2D eigenvalue weighted by Gasteiger charge is 2.24. The predicted molar refractivity (Wildman–Crippen MR) is 104 cm³/mol. The van der Waals surface area contributed by atoms with Crippen LogP contribution in [0.3, 0.4) is 0 Å². The topological polar surface area (TPSA) is 95.0 Å². The summed E-state index contributed by atoms with van der Waals surface area (Å²) < 4.78 is 2.04. The lowest BCUT2D eigenvalue weighted by atomic mass is 9.99. The average molecular weight is 373 g/mol. The van der Waals surface area contributed by atoms with Crippen molar-refractivity contribution < 1.29 is 9.90 Å². The summed E-state index contributed by atoms with van der Waals surface area (Å²) in [7, 11) is 0. The quantitative estimate of drug-likeness (QED) is 0.758. The number of rotatable bonds is 3. The Morgan fingerprint density at radius 2 is 1.93 bits per heavy atom. The molecule has 0 unspecified atom stereocenters. The molecule has 4 rings (SSSR count). The standard InChI is InChI=1S/C21H19N5O2/c1-13-9-14(2)17(21(27)28)10-16(13)20-24-23-19-12-25(7-8-26(19)20)18-6-4-3-5-15(18)11-22/h3-6,9-10H,7-8,12H2,1-2H3,(H,27,28). The first kappa shape index (κ1) is 17.7. The third kappa shape index (κ3) is 2.89. The maximum absolute atomic E-state index is 11.5. The molecule has 7 heteroatoms. The van der Waals surface area contributed by atoms with Gasteiger partial charge < -0.3 is 14.6 Å². The molecule has 0 fully saturated rings. The van der Waals surface area contributed by atoms with Crippen LogP contribution in [0.1, 0.15) is 32.9 Å². The highest BCUT2D eigenvalue weighted by Crippen LogP contribution is 2.29.